The highest BCUT2D eigenvalue weighted by Gasteiger charge is 2.22. The van der Waals surface area contributed by atoms with E-state index in [1.807, 2.05) is 12.1 Å². The number of fused-ring (bicyclic) bond motifs is 1. The van der Waals surface area contributed by atoms with Crippen molar-refractivity contribution in [3.8, 4) is 11.1 Å². The third kappa shape index (κ3) is 5.90. The first-order valence-electron chi connectivity index (χ1n) is 12.3. The van der Waals surface area contributed by atoms with E-state index in [1.54, 1.807) is 42.7 Å². The molecule has 3 aromatic carbocycles. The zero-order valence-electron chi connectivity index (χ0n) is 21.0. The lowest BCUT2D eigenvalue weighted by atomic mass is 9.94. The first kappa shape index (κ1) is 25.9. The SMILES string of the molecule is CC(=O)c1cccc(-c2cccnc2[C@H](Cc2cc(F)cc(F)c2)NC(=O)Cc2c[nH]c3ccc(F)cc23)c1. The Labute approximate surface area is 222 Å². The van der Waals surface area contributed by atoms with Gasteiger partial charge in [-0.05, 0) is 72.5 Å². The van der Waals surface area contributed by atoms with Crippen LogP contribution in [0.25, 0.3) is 22.0 Å². The van der Waals surface area contributed by atoms with Crippen molar-refractivity contribution in [2.75, 3.05) is 0 Å². The van der Waals surface area contributed by atoms with E-state index in [4.69, 9.17) is 0 Å². The minimum Gasteiger partial charge on any atom is -0.361 e. The highest BCUT2D eigenvalue weighted by molar-refractivity contribution is 5.95. The maximum Gasteiger partial charge on any atom is 0.225 e. The van der Waals surface area contributed by atoms with Gasteiger partial charge in [0.1, 0.15) is 17.5 Å². The molecule has 0 aliphatic rings. The Kier molecular flexibility index (Phi) is 7.27. The number of Topliss-reactive ketones (excluding diaryl/α,β-unsaturated/α-hetero) is 1. The normalized spacial score (nSPS) is 11.9. The van der Waals surface area contributed by atoms with Crippen molar-refractivity contribution in [3.63, 3.8) is 0 Å². The summed E-state index contributed by atoms with van der Waals surface area (Å²) in [4.78, 5) is 32.9. The van der Waals surface area contributed by atoms with Crippen molar-refractivity contribution >= 4 is 22.6 Å². The molecule has 2 aromatic heterocycles. The molecule has 0 fully saturated rings. The number of H-pyrrole nitrogens is 1. The Morgan fingerprint density at radius 2 is 1.72 bits per heavy atom. The number of amides is 1. The van der Waals surface area contributed by atoms with Crippen molar-refractivity contribution in [2.24, 2.45) is 0 Å². The van der Waals surface area contributed by atoms with Crippen LogP contribution in [0.2, 0.25) is 0 Å². The van der Waals surface area contributed by atoms with E-state index in [0.29, 0.717) is 44.4 Å². The predicted molar refractivity (Wildman–Crippen MR) is 143 cm³/mol. The number of carbonyl (C=O) groups excluding carboxylic acids is 2. The molecular formula is C31H24F3N3O2. The highest BCUT2D eigenvalue weighted by atomic mass is 19.1. The van der Waals surface area contributed by atoms with E-state index in [9.17, 15) is 22.8 Å². The van der Waals surface area contributed by atoms with E-state index in [2.05, 4.69) is 15.3 Å². The molecule has 2 N–H and O–H groups in total. The topological polar surface area (TPSA) is 74.8 Å². The van der Waals surface area contributed by atoms with Crippen LogP contribution >= 0.6 is 0 Å². The van der Waals surface area contributed by atoms with Gasteiger partial charge in [0.2, 0.25) is 5.91 Å². The van der Waals surface area contributed by atoms with Crippen LogP contribution in [-0.2, 0) is 17.6 Å². The molecule has 5 nitrogen and oxygen atoms in total. The van der Waals surface area contributed by atoms with Gasteiger partial charge >= 0.3 is 0 Å². The lowest BCUT2D eigenvalue weighted by molar-refractivity contribution is -0.121. The molecular weight excluding hydrogens is 503 g/mol. The number of nitrogens with zero attached hydrogens (tertiary/aromatic N) is 1. The monoisotopic (exact) mass is 527 g/mol. The first-order valence-corrected chi connectivity index (χ1v) is 12.3. The Bertz CT molecular complexity index is 1680. The number of aromatic amines is 1. The van der Waals surface area contributed by atoms with Gasteiger partial charge in [-0.3, -0.25) is 14.6 Å². The van der Waals surface area contributed by atoms with Crippen LogP contribution < -0.4 is 5.32 Å². The van der Waals surface area contributed by atoms with Crippen LogP contribution in [0.3, 0.4) is 0 Å². The number of halogens is 3. The fraction of sp³-hybridized carbons (Fsp3) is 0.129. The van der Waals surface area contributed by atoms with Gasteiger partial charge in [0.05, 0.1) is 18.2 Å². The van der Waals surface area contributed by atoms with Gasteiger partial charge in [-0.1, -0.05) is 24.3 Å². The van der Waals surface area contributed by atoms with E-state index >= 15 is 0 Å². The van der Waals surface area contributed by atoms with Crippen molar-refractivity contribution in [2.45, 2.75) is 25.8 Å². The minimum atomic E-state index is -0.766. The van der Waals surface area contributed by atoms with Crippen LogP contribution in [0.4, 0.5) is 13.2 Å². The van der Waals surface area contributed by atoms with E-state index in [-0.39, 0.29) is 24.5 Å². The Balaban J connectivity index is 1.52. The van der Waals surface area contributed by atoms with Gasteiger partial charge in [-0.25, -0.2) is 13.2 Å². The van der Waals surface area contributed by atoms with Crippen LogP contribution in [0.1, 0.15) is 40.1 Å². The summed E-state index contributed by atoms with van der Waals surface area (Å²) in [6.07, 6.45) is 3.22. The molecule has 39 heavy (non-hydrogen) atoms. The van der Waals surface area contributed by atoms with Crippen LogP contribution in [-0.4, -0.2) is 21.7 Å². The average Bonchev–Trinajstić information content (AvgIpc) is 3.29. The average molecular weight is 528 g/mol. The fourth-order valence-electron chi connectivity index (χ4n) is 4.74. The van der Waals surface area contributed by atoms with E-state index < -0.39 is 23.5 Å². The summed E-state index contributed by atoms with van der Waals surface area (Å²) < 4.78 is 41.9. The minimum absolute atomic E-state index is 0.0549. The first-order chi connectivity index (χ1) is 18.8. The smallest absolute Gasteiger partial charge is 0.225 e. The Hall–Kier alpha value is -4.72. The molecule has 0 saturated heterocycles. The van der Waals surface area contributed by atoms with Gasteiger partial charge in [-0.15, -0.1) is 0 Å². The summed E-state index contributed by atoms with van der Waals surface area (Å²) in [7, 11) is 0. The molecule has 2 heterocycles. The van der Waals surface area contributed by atoms with Crippen LogP contribution in [0, 0.1) is 17.5 Å². The van der Waals surface area contributed by atoms with E-state index in [1.165, 1.54) is 31.2 Å². The number of rotatable bonds is 8. The van der Waals surface area contributed by atoms with Crippen LogP contribution in [0.5, 0.6) is 0 Å². The zero-order chi connectivity index (χ0) is 27.5. The molecule has 5 rings (SSSR count). The number of aromatic nitrogens is 2. The summed E-state index contributed by atoms with van der Waals surface area (Å²) >= 11 is 0. The second-order valence-corrected chi connectivity index (χ2v) is 9.36. The molecule has 0 bridgehead atoms. The molecule has 0 aliphatic heterocycles. The maximum absolute atomic E-state index is 14.0. The quantitative estimate of drug-likeness (QED) is 0.227. The number of benzene rings is 3. The van der Waals surface area contributed by atoms with Gasteiger partial charge in [0.15, 0.2) is 5.78 Å². The lowest BCUT2D eigenvalue weighted by Crippen LogP contribution is -2.32. The molecule has 1 atom stereocenters. The second kappa shape index (κ2) is 10.9. The summed E-state index contributed by atoms with van der Waals surface area (Å²) in [5.74, 6) is -2.35. The van der Waals surface area contributed by atoms with Crippen molar-refractivity contribution in [1.82, 2.24) is 15.3 Å². The molecule has 0 unspecified atom stereocenters. The second-order valence-electron chi connectivity index (χ2n) is 9.36. The summed E-state index contributed by atoms with van der Waals surface area (Å²) in [5, 5.41) is 3.56. The van der Waals surface area contributed by atoms with Crippen molar-refractivity contribution in [1.29, 1.82) is 0 Å². The Morgan fingerprint density at radius 3 is 2.49 bits per heavy atom. The molecule has 0 spiro atoms. The summed E-state index contributed by atoms with van der Waals surface area (Å²) in [5.41, 5.74) is 4.00. The van der Waals surface area contributed by atoms with Crippen molar-refractivity contribution in [3.05, 3.63) is 125 Å². The van der Waals surface area contributed by atoms with Crippen LogP contribution in [0.15, 0.2) is 85.2 Å². The summed E-state index contributed by atoms with van der Waals surface area (Å²) in [6, 6.07) is 17.3. The number of ketones is 1. The number of hydrogen-bond acceptors (Lipinski definition) is 3. The standard InChI is InChI=1S/C31H24F3N3O2/c1-18(38)20-4-2-5-21(13-20)26-6-3-9-35-31(26)29(12-19-10-24(33)15-25(34)11-19)37-30(39)14-22-17-36-28-8-7-23(32)16-27(22)28/h2-11,13,15-17,29,36H,12,14H2,1H3,(H,37,39)/t29-/m0/s1. The maximum atomic E-state index is 14.0. The third-order valence-corrected chi connectivity index (χ3v) is 6.53. The third-order valence-electron chi connectivity index (χ3n) is 6.53. The predicted octanol–water partition coefficient (Wildman–Crippen LogP) is 6.49. The highest BCUT2D eigenvalue weighted by Crippen LogP contribution is 2.30. The molecule has 0 saturated carbocycles. The van der Waals surface area contributed by atoms with E-state index in [0.717, 1.165) is 6.07 Å². The number of pyridine rings is 1. The van der Waals surface area contributed by atoms with Gasteiger partial charge in [-0.2, -0.15) is 0 Å². The van der Waals surface area contributed by atoms with Gasteiger partial charge < -0.3 is 10.3 Å². The molecule has 196 valence electrons. The Morgan fingerprint density at radius 1 is 0.923 bits per heavy atom. The zero-order valence-corrected chi connectivity index (χ0v) is 21.0. The lowest BCUT2D eigenvalue weighted by Gasteiger charge is -2.22. The molecule has 8 heteroatoms. The summed E-state index contributed by atoms with van der Waals surface area (Å²) in [6.45, 7) is 1.47. The van der Waals surface area contributed by atoms with Gasteiger partial charge in [0, 0.05) is 40.5 Å². The number of carbonyl (C=O) groups is 2. The fourth-order valence-corrected chi connectivity index (χ4v) is 4.74. The molecule has 1 amide bonds. The number of nitrogens with one attached hydrogen (secondary N) is 2. The van der Waals surface area contributed by atoms with Gasteiger partial charge in [0.25, 0.3) is 0 Å². The largest absolute Gasteiger partial charge is 0.361 e. The van der Waals surface area contributed by atoms with Crippen molar-refractivity contribution < 1.29 is 22.8 Å². The molecule has 0 radical (unpaired) electrons. The molecule has 5 aromatic rings. The number of hydrogen-bond donors (Lipinski definition) is 2. The molecule has 0 aliphatic carbocycles.